The summed E-state index contributed by atoms with van der Waals surface area (Å²) in [6.45, 7) is 4.33. The van der Waals surface area contributed by atoms with Gasteiger partial charge in [0.2, 0.25) is 11.8 Å². The Bertz CT molecular complexity index is 1490. The molecule has 2 heterocycles. The lowest BCUT2D eigenvalue weighted by atomic mass is 10.0. The molecular weight excluding hydrogens is 620 g/mol. The lowest BCUT2D eigenvalue weighted by molar-refractivity contribution is -0.187. The van der Waals surface area contributed by atoms with E-state index in [-0.39, 0.29) is 51.0 Å². The number of hydrogen-bond donors (Lipinski definition) is 2. The first-order valence-electron chi connectivity index (χ1n) is 15.7. The maximum atomic E-state index is 14.0. The Balaban J connectivity index is 1.52. The minimum Gasteiger partial charge on any atom is -0.497 e. The average Bonchev–Trinajstić information content (AvgIpc) is 3.09. The van der Waals surface area contributed by atoms with Crippen LogP contribution in [-0.2, 0) is 27.3 Å². The number of methoxy groups -OCH3 is 3. The van der Waals surface area contributed by atoms with Crippen molar-refractivity contribution in [3.63, 3.8) is 0 Å². The number of hydrazine groups is 1. The predicted molar refractivity (Wildman–Crippen MR) is 176 cm³/mol. The topological polar surface area (TPSA) is 142 Å². The molecule has 0 unspecified atom stereocenters. The fraction of sp³-hybridized carbons (Fsp3) is 0.441. The molecule has 5 amide bonds. The molecule has 48 heavy (non-hydrogen) atoms. The van der Waals surface area contributed by atoms with Gasteiger partial charge in [-0.3, -0.25) is 9.59 Å². The molecular formula is C34H44N6O8. The lowest BCUT2D eigenvalue weighted by Gasteiger charge is -2.54. The van der Waals surface area contributed by atoms with Crippen LogP contribution < -0.4 is 24.8 Å². The summed E-state index contributed by atoms with van der Waals surface area (Å²) in [6, 6.07) is 11.7. The van der Waals surface area contributed by atoms with Crippen LogP contribution in [0.15, 0.2) is 60.9 Å². The molecule has 4 rings (SSSR count). The van der Waals surface area contributed by atoms with Crippen LogP contribution >= 0.6 is 0 Å². The number of fused-ring (bicyclic) bond motifs is 1. The van der Waals surface area contributed by atoms with Gasteiger partial charge in [0.25, 0.3) is 0 Å². The molecule has 2 fully saturated rings. The molecule has 14 nitrogen and oxygen atoms in total. The van der Waals surface area contributed by atoms with Crippen LogP contribution in [0.1, 0.15) is 24.0 Å². The molecule has 0 bridgehead atoms. The summed E-state index contributed by atoms with van der Waals surface area (Å²) in [4.78, 5) is 56.5. The van der Waals surface area contributed by atoms with Crippen LogP contribution in [0.3, 0.4) is 0 Å². The summed E-state index contributed by atoms with van der Waals surface area (Å²) in [5.41, 5.74) is 4.33. The third-order valence-corrected chi connectivity index (χ3v) is 8.23. The van der Waals surface area contributed by atoms with E-state index in [9.17, 15) is 19.2 Å². The molecule has 0 saturated carbocycles. The van der Waals surface area contributed by atoms with Gasteiger partial charge in [0, 0.05) is 26.7 Å². The van der Waals surface area contributed by atoms with Gasteiger partial charge < -0.3 is 39.4 Å². The highest BCUT2D eigenvalue weighted by molar-refractivity contribution is 5.91. The average molecular weight is 665 g/mol. The van der Waals surface area contributed by atoms with E-state index >= 15 is 0 Å². The minimum absolute atomic E-state index is 0.0410. The highest BCUT2D eigenvalue weighted by Crippen LogP contribution is 2.30. The van der Waals surface area contributed by atoms with Crippen molar-refractivity contribution in [2.24, 2.45) is 0 Å². The van der Waals surface area contributed by atoms with Crippen LogP contribution in [0.4, 0.5) is 9.59 Å². The molecule has 0 aliphatic carbocycles. The monoisotopic (exact) mass is 664 g/mol. The summed E-state index contributed by atoms with van der Waals surface area (Å²) in [7, 11) is 6.39. The number of ether oxygens (including phenoxy) is 4. The van der Waals surface area contributed by atoms with Gasteiger partial charge in [-0.05, 0) is 60.7 Å². The van der Waals surface area contributed by atoms with Crippen LogP contribution in [0.5, 0.6) is 17.2 Å². The first kappa shape index (κ1) is 35.7. The molecule has 0 aromatic heterocycles. The van der Waals surface area contributed by atoms with E-state index in [1.165, 1.54) is 16.0 Å². The molecule has 2 aromatic rings. The molecule has 14 heteroatoms. The smallest absolute Gasteiger partial charge is 0.407 e. The Morgan fingerprint density at radius 1 is 1.00 bits per heavy atom. The standard InChI is InChI=1S/C34H44N6O8/c1-6-7-19-48-34(44)35-17-8-9-27-32(42)38(18-16-24-12-15-28(46-4)29(20-24)47-5)22-30-39(27)31(41)23-37(2)40(30)33(43)36-21-25-10-13-26(45-3)14-11-25/h7,10-15,20,27,30H,1,8-9,16-19,21-23H2,2-5H3,(H,35,44)(H,36,43)/t27-,30-/m0/s1. The molecule has 2 saturated heterocycles. The van der Waals surface area contributed by atoms with Gasteiger partial charge in [-0.2, -0.15) is 0 Å². The van der Waals surface area contributed by atoms with Crippen LogP contribution in [0.25, 0.3) is 0 Å². The number of urea groups is 1. The largest absolute Gasteiger partial charge is 0.497 e. The SMILES string of the molecule is C=C=CCOC(=O)NCCC[C@H]1C(=O)N(CCc2ccc(OC)c(OC)c2)C[C@H]2N1C(=O)CN(C)N2C(=O)NCc1ccc(OC)cc1. The molecule has 2 aromatic carbocycles. The van der Waals surface area contributed by atoms with E-state index in [0.29, 0.717) is 36.6 Å². The van der Waals surface area contributed by atoms with Crippen molar-refractivity contribution in [3.8, 4) is 17.2 Å². The Hall–Kier alpha value is -5.20. The van der Waals surface area contributed by atoms with Crippen molar-refractivity contribution in [1.29, 1.82) is 0 Å². The van der Waals surface area contributed by atoms with E-state index in [2.05, 4.69) is 22.9 Å². The Kier molecular flexibility index (Phi) is 12.7. The zero-order chi connectivity index (χ0) is 34.6. The number of hydrogen-bond acceptors (Lipinski definition) is 9. The quantitative estimate of drug-likeness (QED) is 0.230. The number of rotatable bonds is 14. The van der Waals surface area contributed by atoms with Crippen molar-refractivity contribution in [1.82, 2.24) is 30.5 Å². The van der Waals surface area contributed by atoms with Gasteiger partial charge >= 0.3 is 12.1 Å². The molecule has 2 aliphatic heterocycles. The van der Waals surface area contributed by atoms with E-state index in [1.54, 1.807) is 38.3 Å². The van der Waals surface area contributed by atoms with Gasteiger partial charge in [0.1, 0.15) is 24.6 Å². The number of nitrogens with zero attached hydrogens (tertiary/aromatic N) is 4. The summed E-state index contributed by atoms with van der Waals surface area (Å²) in [5.74, 6) is 1.40. The second kappa shape index (κ2) is 17.1. The van der Waals surface area contributed by atoms with Crippen molar-refractivity contribution < 1.29 is 38.1 Å². The van der Waals surface area contributed by atoms with E-state index in [0.717, 1.165) is 11.1 Å². The molecule has 0 radical (unpaired) electrons. The minimum atomic E-state index is -0.839. The zero-order valence-corrected chi connectivity index (χ0v) is 27.9. The van der Waals surface area contributed by atoms with Crippen LogP contribution in [-0.4, -0.2) is 117 Å². The van der Waals surface area contributed by atoms with Crippen LogP contribution in [0.2, 0.25) is 0 Å². The molecule has 258 valence electrons. The summed E-state index contributed by atoms with van der Waals surface area (Å²) < 4.78 is 21.0. The van der Waals surface area contributed by atoms with Crippen molar-refractivity contribution in [2.45, 2.75) is 38.0 Å². The Morgan fingerprint density at radius 2 is 1.73 bits per heavy atom. The fourth-order valence-corrected chi connectivity index (χ4v) is 5.80. The second-order valence-electron chi connectivity index (χ2n) is 11.3. The lowest BCUT2D eigenvalue weighted by Crippen LogP contribution is -2.76. The van der Waals surface area contributed by atoms with E-state index < -0.39 is 24.3 Å². The van der Waals surface area contributed by atoms with Gasteiger partial charge in [-0.1, -0.05) is 24.8 Å². The number of carbonyl (C=O) groups excluding carboxylic acids is 4. The number of piperazine rings is 1. The molecule has 2 atom stereocenters. The normalized spacial score (nSPS) is 17.6. The number of amides is 5. The first-order chi connectivity index (χ1) is 23.2. The maximum Gasteiger partial charge on any atom is 0.407 e. The summed E-state index contributed by atoms with van der Waals surface area (Å²) in [5, 5.41) is 8.71. The van der Waals surface area contributed by atoms with Crippen LogP contribution in [0, 0.1) is 0 Å². The fourth-order valence-electron chi connectivity index (χ4n) is 5.80. The van der Waals surface area contributed by atoms with Crippen molar-refractivity contribution >= 4 is 23.9 Å². The highest BCUT2D eigenvalue weighted by Gasteiger charge is 2.50. The van der Waals surface area contributed by atoms with Gasteiger partial charge in [0.05, 0.1) is 34.4 Å². The van der Waals surface area contributed by atoms with E-state index in [1.807, 2.05) is 42.5 Å². The van der Waals surface area contributed by atoms with Crippen molar-refractivity contribution in [2.75, 3.05) is 61.2 Å². The number of benzene rings is 2. The zero-order valence-electron chi connectivity index (χ0n) is 27.9. The molecule has 2 aliphatic rings. The second-order valence-corrected chi connectivity index (χ2v) is 11.3. The summed E-state index contributed by atoms with van der Waals surface area (Å²) in [6.07, 6.45) is 1.29. The van der Waals surface area contributed by atoms with Crippen molar-refractivity contribution in [3.05, 3.63) is 72.0 Å². The number of carbonyl (C=O) groups is 4. The number of alkyl carbamates (subject to hydrolysis) is 1. The highest BCUT2D eigenvalue weighted by atomic mass is 16.5. The summed E-state index contributed by atoms with van der Waals surface area (Å²) >= 11 is 0. The number of likely N-dealkylation sites (N-methyl/N-ethyl adjacent to an activating group) is 1. The third-order valence-electron chi connectivity index (χ3n) is 8.23. The van der Waals surface area contributed by atoms with Gasteiger partial charge in [-0.25, -0.2) is 19.6 Å². The van der Waals surface area contributed by atoms with E-state index in [4.69, 9.17) is 18.9 Å². The Morgan fingerprint density at radius 3 is 2.42 bits per heavy atom. The van der Waals surface area contributed by atoms with Gasteiger partial charge in [0.15, 0.2) is 11.5 Å². The molecule has 2 N–H and O–H groups in total. The Labute approximate surface area is 280 Å². The maximum absolute atomic E-state index is 14.0. The predicted octanol–water partition coefficient (Wildman–Crippen LogP) is 2.54. The van der Waals surface area contributed by atoms with Gasteiger partial charge in [-0.15, -0.1) is 5.73 Å². The third kappa shape index (κ3) is 8.78. The molecule has 0 spiro atoms. The number of nitrogens with one attached hydrogen (secondary N) is 2. The first-order valence-corrected chi connectivity index (χ1v) is 15.7.